The molecule has 0 bridgehead atoms. The van der Waals surface area contributed by atoms with Gasteiger partial charge in [0.1, 0.15) is 0 Å². The molecule has 1 saturated heterocycles. The van der Waals surface area contributed by atoms with E-state index in [2.05, 4.69) is 71.3 Å². The van der Waals surface area contributed by atoms with Crippen molar-refractivity contribution in [3.8, 4) is 0 Å². The number of aryl methyl sites for hydroxylation is 1. The minimum Gasteiger partial charge on any atom is -0.352 e. The van der Waals surface area contributed by atoms with Crippen LogP contribution in [-0.2, 0) is 6.42 Å². The third-order valence-electron chi connectivity index (χ3n) is 3.92. The Labute approximate surface area is 121 Å². The fourth-order valence-electron chi connectivity index (χ4n) is 2.85. The Balaban J connectivity index is 1.72. The van der Waals surface area contributed by atoms with Gasteiger partial charge in [0.05, 0.1) is 6.67 Å². The van der Waals surface area contributed by atoms with Gasteiger partial charge in [0, 0.05) is 24.5 Å². The van der Waals surface area contributed by atoms with Crippen LogP contribution in [0.3, 0.4) is 0 Å². The molecule has 2 aromatic carbocycles. The first-order chi connectivity index (χ1) is 9.86. The van der Waals surface area contributed by atoms with Gasteiger partial charge in [0.2, 0.25) is 0 Å². The molecule has 0 aliphatic carbocycles. The normalized spacial score (nSPS) is 14.8. The molecule has 2 nitrogen and oxygen atoms in total. The van der Waals surface area contributed by atoms with Gasteiger partial charge in [0.15, 0.2) is 0 Å². The Bertz CT molecular complexity index is 550. The maximum atomic E-state index is 2.46. The van der Waals surface area contributed by atoms with Crippen LogP contribution in [0.4, 0.5) is 11.4 Å². The summed E-state index contributed by atoms with van der Waals surface area (Å²) in [7, 11) is 0. The predicted molar refractivity (Wildman–Crippen MR) is 86.4 cm³/mol. The van der Waals surface area contributed by atoms with E-state index in [-0.39, 0.29) is 0 Å². The van der Waals surface area contributed by atoms with Gasteiger partial charge >= 0.3 is 0 Å². The molecule has 2 heteroatoms. The summed E-state index contributed by atoms with van der Waals surface area (Å²) in [6.07, 6.45) is 2.38. The minimum absolute atomic E-state index is 0.986. The van der Waals surface area contributed by atoms with Crippen LogP contribution in [0.1, 0.15) is 18.9 Å². The summed E-state index contributed by atoms with van der Waals surface area (Å²) in [5.41, 5.74) is 4.12. The van der Waals surface area contributed by atoms with E-state index in [0.717, 1.165) is 19.8 Å². The average molecular weight is 266 g/mol. The Hall–Kier alpha value is -1.96. The first-order valence-electron chi connectivity index (χ1n) is 7.50. The number of para-hydroxylation sites is 1. The van der Waals surface area contributed by atoms with E-state index >= 15 is 0 Å². The van der Waals surface area contributed by atoms with E-state index in [9.17, 15) is 0 Å². The summed E-state index contributed by atoms with van der Waals surface area (Å²) in [4.78, 5) is 4.90. The molecule has 0 amide bonds. The van der Waals surface area contributed by atoms with Crippen LogP contribution in [0, 0.1) is 0 Å². The van der Waals surface area contributed by atoms with E-state index in [1.54, 1.807) is 0 Å². The zero-order valence-electron chi connectivity index (χ0n) is 12.1. The lowest BCUT2D eigenvalue weighted by molar-refractivity contribution is 0.912. The minimum atomic E-state index is 0.986. The Morgan fingerprint density at radius 1 is 0.850 bits per heavy atom. The smallest absolute Gasteiger partial charge is 0.0904 e. The van der Waals surface area contributed by atoms with Gasteiger partial charge in [-0.05, 0) is 36.2 Å². The van der Waals surface area contributed by atoms with Gasteiger partial charge < -0.3 is 9.80 Å². The van der Waals surface area contributed by atoms with Crippen LogP contribution >= 0.6 is 0 Å². The van der Waals surface area contributed by atoms with Crippen molar-refractivity contribution < 1.29 is 0 Å². The second kappa shape index (κ2) is 6.00. The maximum absolute atomic E-state index is 2.46. The zero-order valence-corrected chi connectivity index (χ0v) is 12.1. The van der Waals surface area contributed by atoms with Gasteiger partial charge in [0.25, 0.3) is 0 Å². The number of rotatable bonds is 4. The van der Waals surface area contributed by atoms with Crippen molar-refractivity contribution in [1.82, 2.24) is 0 Å². The van der Waals surface area contributed by atoms with Crippen molar-refractivity contribution in [2.24, 2.45) is 0 Å². The number of nitrogens with zero attached hydrogens (tertiary/aromatic N) is 2. The van der Waals surface area contributed by atoms with E-state index < -0.39 is 0 Å². The Kier molecular flexibility index (Phi) is 3.91. The summed E-state index contributed by atoms with van der Waals surface area (Å²) in [6.45, 7) is 5.42. The molecule has 0 spiro atoms. The maximum Gasteiger partial charge on any atom is 0.0904 e. The van der Waals surface area contributed by atoms with Crippen molar-refractivity contribution in [3.63, 3.8) is 0 Å². The third kappa shape index (κ3) is 2.79. The third-order valence-corrected chi connectivity index (χ3v) is 3.92. The zero-order chi connectivity index (χ0) is 13.8. The molecule has 1 aliphatic rings. The monoisotopic (exact) mass is 266 g/mol. The standard InChI is InChI=1S/C18H22N2/c1-2-7-16-8-6-11-18(14-16)20-13-12-19(15-20)17-9-4-3-5-10-17/h3-6,8-11,14H,2,7,12-13,15H2,1H3. The van der Waals surface area contributed by atoms with Gasteiger partial charge in [-0.25, -0.2) is 0 Å². The molecule has 2 aromatic rings. The molecule has 1 fully saturated rings. The van der Waals surface area contributed by atoms with Crippen molar-refractivity contribution in [2.45, 2.75) is 19.8 Å². The first kappa shape index (κ1) is 13.0. The molecule has 1 aliphatic heterocycles. The van der Waals surface area contributed by atoms with Crippen LogP contribution in [-0.4, -0.2) is 19.8 Å². The molecular formula is C18H22N2. The molecule has 0 unspecified atom stereocenters. The van der Waals surface area contributed by atoms with Gasteiger partial charge in [-0.3, -0.25) is 0 Å². The van der Waals surface area contributed by atoms with Crippen molar-refractivity contribution in [1.29, 1.82) is 0 Å². The number of hydrogen-bond donors (Lipinski definition) is 0. The molecule has 3 rings (SSSR count). The van der Waals surface area contributed by atoms with E-state index in [4.69, 9.17) is 0 Å². The largest absolute Gasteiger partial charge is 0.352 e. The van der Waals surface area contributed by atoms with E-state index in [0.29, 0.717) is 0 Å². The Morgan fingerprint density at radius 3 is 2.30 bits per heavy atom. The van der Waals surface area contributed by atoms with Crippen molar-refractivity contribution in [2.75, 3.05) is 29.6 Å². The topological polar surface area (TPSA) is 6.48 Å². The molecule has 0 saturated carbocycles. The lowest BCUT2D eigenvalue weighted by atomic mass is 10.1. The van der Waals surface area contributed by atoms with Gasteiger partial charge in [-0.2, -0.15) is 0 Å². The lowest BCUT2D eigenvalue weighted by Crippen LogP contribution is -2.24. The second-order valence-corrected chi connectivity index (χ2v) is 5.42. The van der Waals surface area contributed by atoms with Gasteiger partial charge in [-0.15, -0.1) is 0 Å². The molecular weight excluding hydrogens is 244 g/mol. The molecule has 1 heterocycles. The van der Waals surface area contributed by atoms with Gasteiger partial charge in [-0.1, -0.05) is 43.7 Å². The van der Waals surface area contributed by atoms with E-state index in [1.165, 1.54) is 29.8 Å². The van der Waals surface area contributed by atoms with E-state index in [1.807, 2.05) is 0 Å². The predicted octanol–water partition coefficient (Wildman–Crippen LogP) is 3.92. The number of hydrogen-bond acceptors (Lipinski definition) is 2. The summed E-state index contributed by atoms with van der Waals surface area (Å²) in [5, 5.41) is 0. The fourth-order valence-corrected chi connectivity index (χ4v) is 2.85. The van der Waals surface area contributed by atoms with Crippen LogP contribution in [0.5, 0.6) is 0 Å². The lowest BCUT2D eigenvalue weighted by Gasteiger charge is -2.21. The highest BCUT2D eigenvalue weighted by atomic mass is 15.4. The highest BCUT2D eigenvalue weighted by Gasteiger charge is 2.20. The number of benzene rings is 2. The second-order valence-electron chi connectivity index (χ2n) is 5.42. The summed E-state index contributed by atoms with van der Waals surface area (Å²) in [5.74, 6) is 0. The molecule has 0 N–H and O–H groups in total. The Morgan fingerprint density at radius 2 is 1.55 bits per heavy atom. The van der Waals surface area contributed by atoms with Crippen LogP contribution < -0.4 is 9.80 Å². The first-order valence-corrected chi connectivity index (χ1v) is 7.50. The molecule has 0 atom stereocenters. The summed E-state index contributed by atoms with van der Waals surface area (Å²) in [6, 6.07) is 19.7. The molecule has 104 valence electrons. The highest BCUT2D eigenvalue weighted by Crippen LogP contribution is 2.24. The molecule has 0 aromatic heterocycles. The molecule has 20 heavy (non-hydrogen) atoms. The quantitative estimate of drug-likeness (QED) is 0.827. The van der Waals surface area contributed by atoms with Crippen molar-refractivity contribution >= 4 is 11.4 Å². The van der Waals surface area contributed by atoms with Crippen LogP contribution in [0.2, 0.25) is 0 Å². The summed E-state index contributed by atoms with van der Waals surface area (Å²) < 4.78 is 0. The highest BCUT2D eigenvalue weighted by molar-refractivity contribution is 5.55. The van der Waals surface area contributed by atoms with Crippen LogP contribution in [0.15, 0.2) is 54.6 Å². The average Bonchev–Trinajstić information content (AvgIpc) is 2.99. The number of anilines is 2. The fraction of sp³-hybridized carbons (Fsp3) is 0.333. The van der Waals surface area contributed by atoms with Crippen molar-refractivity contribution in [3.05, 3.63) is 60.2 Å². The SMILES string of the molecule is CCCc1cccc(N2CCN(c3ccccc3)C2)c1. The van der Waals surface area contributed by atoms with Crippen LogP contribution in [0.25, 0.3) is 0 Å². The summed E-state index contributed by atoms with van der Waals surface area (Å²) >= 11 is 0. The molecule has 0 radical (unpaired) electrons.